The lowest BCUT2D eigenvalue weighted by molar-refractivity contribution is -0.167. The molecule has 0 aliphatic carbocycles. The van der Waals surface area contributed by atoms with Crippen LogP contribution in [0.1, 0.15) is 245 Å². The fourth-order valence-electron chi connectivity index (χ4n) is 7.28. The quantitative estimate of drug-likeness (QED) is 0.0262. The van der Waals surface area contributed by atoms with Crippen LogP contribution in [-0.4, -0.2) is 37.2 Å². The van der Waals surface area contributed by atoms with Crippen molar-refractivity contribution in [1.82, 2.24) is 0 Å². The summed E-state index contributed by atoms with van der Waals surface area (Å²) in [6.07, 6.45) is 71.5. The lowest BCUT2D eigenvalue weighted by Crippen LogP contribution is -2.30. The molecule has 6 heteroatoms. The topological polar surface area (TPSA) is 78.9 Å². The third-order valence-electron chi connectivity index (χ3n) is 11.4. The predicted molar refractivity (Wildman–Crippen MR) is 284 cm³/mol. The molecule has 0 rings (SSSR count). The molecular weight excluding hydrogens is 817 g/mol. The minimum Gasteiger partial charge on any atom is -0.462 e. The van der Waals surface area contributed by atoms with E-state index in [0.717, 1.165) is 116 Å². The van der Waals surface area contributed by atoms with E-state index in [0.29, 0.717) is 19.3 Å². The summed E-state index contributed by atoms with van der Waals surface area (Å²) in [6.45, 7) is 6.41. The number of carbonyl (C=O) groups is 3. The third-order valence-corrected chi connectivity index (χ3v) is 11.4. The van der Waals surface area contributed by atoms with Crippen molar-refractivity contribution >= 4 is 17.9 Å². The largest absolute Gasteiger partial charge is 0.462 e. The van der Waals surface area contributed by atoms with Gasteiger partial charge in [0, 0.05) is 19.3 Å². The molecule has 0 spiro atoms. The maximum atomic E-state index is 12.7. The van der Waals surface area contributed by atoms with Gasteiger partial charge in [0.25, 0.3) is 0 Å². The molecule has 1 atom stereocenters. The Kier molecular flexibility index (Phi) is 50.9. The van der Waals surface area contributed by atoms with Crippen molar-refractivity contribution in [3.63, 3.8) is 0 Å². The number of hydrogen-bond acceptors (Lipinski definition) is 6. The summed E-state index contributed by atoms with van der Waals surface area (Å²) >= 11 is 0. The minimum atomic E-state index is -0.790. The molecule has 0 aliphatic heterocycles. The maximum absolute atomic E-state index is 12.7. The van der Waals surface area contributed by atoms with Crippen molar-refractivity contribution in [3.8, 4) is 0 Å². The summed E-state index contributed by atoms with van der Waals surface area (Å²) in [4.78, 5) is 37.7. The second-order valence-corrected chi connectivity index (χ2v) is 17.8. The fourth-order valence-corrected chi connectivity index (χ4v) is 7.28. The molecule has 0 aromatic heterocycles. The van der Waals surface area contributed by atoms with Gasteiger partial charge in [-0.1, -0.05) is 240 Å². The summed E-state index contributed by atoms with van der Waals surface area (Å²) in [7, 11) is 0. The summed E-state index contributed by atoms with van der Waals surface area (Å²) in [5.41, 5.74) is 0. The molecular formula is C60H100O6. The SMILES string of the molecule is CC/C=C\C/C=C\C/C=C\C/C=C\C/C=C\C/C=C\C/C=C\C/C=C\CCCCC(=O)OCC(COC(=O)CCCCCCC)OC(=O)CCCCCCCCCCCCCCCCCC. The number of esters is 3. The molecule has 0 heterocycles. The van der Waals surface area contributed by atoms with Crippen LogP contribution in [0.2, 0.25) is 0 Å². The summed E-state index contributed by atoms with van der Waals surface area (Å²) in [5, 5.41) is 0. The Morgan fingerprint density at radius 1 is 0.318 bits per heavy atom. The van der Waals surface area contributed by atoms with Crippen molar-refractivity contribution in [3.05, 3.63) is 97.2 Å². The Bertz CT molecular complexity index is 1330. The van der Waals surface area contributed by atoms with Crippen molar-refractivity contribution in [2.45, 2.75) is 252 Å². The van der Waals surface area contributed by atoms with Gasteiger partial charge in [-0.05, 0) is 83.5 Å². The Labute approximate surface area is 407 Å². The van der Waals surface area contributed by atoms with Crippen LogP contribution in [0.15, 0.2) is 97.2 Å². The monoisotopic (exact) mass is 917 g/mol. The molecule has 66 heavy (non-hydrogen) atoms. The number of unbranched alkanes of at least 4 members (excludes halogenated alkanes) is 21. The van der Waals surface area contributed by atoms with Crippen LogP contribution in [0.3, 0.4) is 0 Å². The second-order valence-electron chi connectivity index (χ2n) is 17.8. The zero-order valence-corrected chi connectivity index (χ0v) is 42.9. The van der Waals surface area contributed by atoms with Gasteiger partial charge in [0.05, 0.1) is 0 Å². The lowest BCUT2D eigenvalue weighted by Gasteiger charge is -2.18. The van der Waals surface area contributed by atoms with E-state index in [4.69, 9.17) is 14.2 Å². The van der Waals surface area contributed by atoms with Gasteiger partial charge in [-0.2, -0.15) is 0 Å². The van der Waals surface area contributed by atoms with E-state index < -0.39 is 6.10 Å². The van der Waals surface area contributed by atoms with E-state index >= 15 is 0 Å². The van der Waals surface area contributed by atoms with Crippen LogP contribution in [-0.2, 0) is 28.6 Å². The van der Waals surface area contributed by atoms with Crippen LogP contribution >= 0.6 is 0 Å². The Balaban J connectivity index is 4.22. The fraction of sp³-hybridized carbons (Fsp3) is 0.683. The van der Waals surface area contributed by atoms with Crippen LogP contribution in [0.5, 0.6) is 0 Å². The van der Waals surface area contributed by atoms with Crippen molar-refractivity contribution < 1.29 is 28.6 Å². The maximum Gasteiger partial charge on any atom is 0.306 e. The molecule has 0 bridgehead atoms. The second kappa shape index (κ2) is 53.9. The van der Waals surface area contributed by atoms with Crippen LogP contribution < -0.4 is 0 Å². The average Bonchev–Trinajstić information content (AvgIpc) is 3.31. The van der Waals surface area contributed by atoms with Gasteiger partial charge in [-0.3, -0.25) is 14.4 Å². The zero-order valence-electron chi connectivity index (χ0n) is 42.9. The molecule has 0 aromatic rings. The predicted octanol–water partition coefficient (Wildman–Crippen LogP) is 18.1. The Morgan fingerprint density at radius 2 is 0.591 bits per heavy atom. The number of rotatable bonds is 48. The first kappa shape index (κ1) is 62.3. The molecule has 0 N–H and O–H groups in total. The smallest absolute Gasteiger partial charge is 0.306 e. The average molecular weight is 917 g/mol. The lowest BCUT2D eigenvalue weighted by atomic mass is 10.0. The van der Waals surface area contributed by atoms with Crippen LogP contribution in [0, 0.1) is 0 Å². The molecule has 376 valence electrons. The standard InChI is InChI=1S/C60H100O6/c1-4-7-10-13-15-17-19-21-23-25-26-27-28-29-30-31-32-33-34-35-37-38-40-42-44-47-50-53-59(62)65-56-57(55-64-58(61)52-49-46-12-9-6-3)66-60(63)54-51-48-45-43-41-39-36-24-22-20-18-16-14-11-8-5-2/h7,10,15,17,21,23,26-27,29-30,32-33,35,37,40,42,57H,4-6,8-9,11-14,16,18-20,22,24-25,28,31,34,36,38-39,41,43-56H2,1-3H3/b10-7-,17-15-,23-21-,27-26-,30-29-,33-32-,37-35-,42-40-. The molecule has 0 saturated carbocycles. The number of ether oxygens (including phenoxy) is 3. The van der Waals surface area contributed by atoms with E-state index in [1.807, 2.05) is 0 Å². The first-order valence-corrected chi connectivity index (χ1v) is 27.2. The van der Waals surface area contributed by atoms with Gasteiger partial charge >= 0.3 is 17.9 Å². The third kappa shape index (κ3) is 51.3. The Morgan fingerprint density at radius 3 is 0.924 bits per heavy atom. The molecule has 0 saturated heterocycles. The van der Waals surface area contributed by atoms with Gasteiger partial charge in [0.15, 0.2) is 6.10 Å². The molecule has 0 fully saturated rings. The van der Waals surface area contributed by atoms with Gasteiger partial charge in [0.2, 0.25) is 0 Å². The van der Waals surface area contributed by atoms with Crippen LogP contribution in [0.25, 0.3) is 0 Å². The van der Waals surface area contributed by atoms with Gasteiger partial charge in [0.1, 0.15) is 13.2 Å². The van der Waals surface area contributed by atoms with E-state index in [1.165, 1.54) is 89.9 Å². The first-order valence-electron chi connectivity index (χ1n) is 27.2. The van der Waals surface area contributed by atoms with Crippen molar-refractivity contribution in [2.75, 3.05) is 13.2 Å². The molecule has 0 aromatic carbocycles. The summed E-state index contributed by atoms with van der Waals surface area (Å²) < 4.78 is 16.6. The number of allylic oxidation sites excluding steroid dienone is 16. The van der Waals surface area contributed by atoms with Gasteiger partial charge in [-0.25, -0.2) is 0 Å². The molecule has 0 aliphatic rings. The minimum absolute atomic E-state index is 0.0909. The first-order chi connectivity index (χ1) is 32.5. The normalized spacial score (nSPS) is 12.8. The van der Waals surface area contributed by atoms with Crippen molar-refractivity contribution in [2.24, 2.45) is 0 Å². The summed E-state index contributed by atoms with van der Waals surface area (Å²) in [6, 6.07) is 0. The number of carbonyl (C=O) groups excluding carboxylic acids is 3. The highest BCUT2D eigenvalue weighted by Crippen LogP contribution is 2.15. The number of hydrogen-bond donors (Lipinski definition) is 0. The van der Waals surface area contributed by atoms with E-state index in [2.05, 4.69) is 118 Å². The van der Waals surface area contributed by atoms with Gasteiger partial charge in [-0.15, -0.1) is 0 Å². The summed E-state index contributed by atoms with van der Waals surface area (Å²) in [5.74, 6) is -0.949. The Hall–Kier alpha value is -3.67. The highest BCUT2D eigenvalue weighted by Gasteiger charge is 2.19. The highest BCUT2D eigenvalue weighted by atomic mass is 16.6. The molecule has 0 radical (unpaired) electrons. The molecule has 1 unspecified atom stereocenters. The van der Waals surface area contributed by atoms with Gasteiger partial charge < -0.3 is 14.2 Å². The van der Waals surface area contributed by atoms with E-state index in [-0.39, 0.29) is 31.1 Å². The molecule has 0 amide bonds. The zero-order chi connectivity index (χ0) is 47.9. The highest BCUT2D eigenvalue weighted by molar-refractivity contribution is 5.71. The molecule has 6 nitrogen and oxygen atoms in total. The van der Waals surface area contributed by atoms with Crippen LogP contribution in [0.4, 0.5) is 0 Å². The van der Waals surface area contributed by atoms with E-state index in [1.54, 1.807) is 0 Å². The van der Waals surface area contributed by atoms with Crippen molar-refractivity contribution in [1.29, 1.82) is 0 Å². The van der Waals surface area contributed by atoms with E-state index in [9.17, 15) is 14.4 Å².